The second kappa shape index (κ2) is 4.28. The first kappa shape index (κ1) is 10.8. The van der Waals surface area contributed by atoms with Crippen molar-refractivity contribution in [2.24, 2.45) is 0 Å². The Labute approximate surface area is 80.2 Å². The Hall–Kier alpha value is -1.29. The monoisotopic (exact) mass is 200 g/mol. The lowest BCUT2D eigenvalue weighted by atomic mass is 10.0. The summed E-state index contributed by atoms with van der Waals surface area (Å²) in [5, 5.41) is 9.40. The van der Waals surface area contributed by atoms with Crippen LogP contribution in [0.4, 0.5) is 8.78 Å². The number of ketones is 1. The van der Waals surface area contributed by atoms with E-state index in [0.717, 1.165) is 12.1 Å². The SMILES string of the molecule is CC(=O)CC(O)c1ccc(F)c(F)c1. The van der Waals surface area contributed by atoms with E-state index in [1.54, 1.807) is 0 Å². The maximum absolute atomic E-state index is 12.7. The van der Waals surface area contributed by atoms with Gasteiger partial charge in [-0.15, -0.1) is 0 Å². The number of benzene rings is 1. The van der Waals surface area contributed by atoms with Crippen molar-refractivity contribution in [1.82, 2.24) is 0 Å². The van der Waals surface area contributed by atoms with Crippen molar-refractivity contribution >= 4 is 5.78 Å². The Bertz CT molecular complexity index is 350. The molecular weight excluding hydrogens is 190 g/mol. The molecule has 1 aromatic carbocycles. The third kappa shape index (κ3) is 2.60. The highest BCUT2D eigenvalue weighted by molar-refractivity contribution is 5.76. The maximum atomic E-state index is 12.7. The Balaban J connectivity index is 2.85. The minimum absolute atomic E-state index is 0.0922. The van der Waals surface area contributed by atoms with Gasteiger partial charge < -0.3 is 5.11 Å². The molecule has 0 fully saturated rings. The molecule has 0 saturated carbocycles. The fourth-order valence-corrected chi connectivity index (χ4v) is 1.11. The summed E-state index contributed by atoms with van der Waals surface area (Å²) in [6, 6.07) is 3.07. The molecule has 0 aliphatic heterocycles. The first-order chi connectivity index (χ1) is 6.50. The second-order valence-electron chi connectivity index (χ2n) is 3.10. The van der Waals surface area contributed by atoms with E-state index in [0.29, 0.717) is 0 Å². The van der Waals surface area contributed by atoms with Gasteiger partial charge in [0.2, 0.25) is 0 Å². The fourth-order valence-electron chi connectivity index (χ4n) is 1.11. The molecule has 14 heavy (non-hydrogen) atoms. The van der Waals surface area contributed by atoms with Crippen molar-refractivity contribution in [3.8, 4) is 0 Å². The van der Waals surface area contributed by atoms with Crippen molar-refractivity contribution in [2.75, 3.05) is 0 Å². The highest BCUT2D eigenvalue weighted by Gasteiger charge is 2.12. The number of Topliss-reactive ketones (excluding diaryl/α,β-unsaturated/α-hetero) is 1. The van der Waals surface area contributed by atoms with E-state index in [4.69, 9.17) is 0 Å². The Morgan fingerprint density at radius 1 is 1.43 bits per heavy atom. The molecule has 0 saturated heterocycles. The molecule has 0 radical (unpaired) electrons. The molecule has 76 valence electrons. The van der Waals surface area contributed by atoms with Gasteiger partial charge in [-0.2, -0.15) is 0 Å². The zero-order valence-corrected chi connectivity index (χ0v) is 7.63. The van der Waals surface area contributed by atoms with E-state index in [-0.39, 0.29) is 17.8 Å². The number of carbonyl (C=O) groups is 1. The predicted octanol–water partition coefficient (Wildman–Crippen LogP) is 1.98. The normalized spacial score (nSPS) is 12.6. The molecule has 1 aromatic rings. The van der Waals surface area contributed by atoms with Gasteiger partial charge in [-0.25, -0.2) is 8.78 Å². The third-order valence-electron chi connectivity index (χ3n) is 1.81. The van der Waals surface area contributed by atoms with E-state index < -0.39 is 17.7 Å². The molecule has 1 atom stereocenters. The molecule has 4 heteroatoms. The second-order valence-corrected chi connectivity index (χ2v) is 3.10. The molecule has 0 aromatic heterocycles. The number of carbonyl (C=O) groups excluding carboxylic acids is 1. The summed E-state index contributed by atoms with van der Waals surface area (Å²) in [7, 11) is 0. The van der Waals surface area contributed by atoms with Gasteiger partial charge in [-0.05, 0) is 24.6 Å². The molecule has 1 N–H and O–H groups in total. The molecule has 0 aliphatic rings. The molecule has 0 heterocycles. The first-order valence-corrected chi connectivity index (χ1v) is 4.13. The minimum atomic E-state index is -1.07. The average molecular weight is 200 g/mol. The van der Waals surface area contributed by atoms with Crippen LogP contribution in [0.15, 0.2) is 18.2 Å². The summed E-state index contributed by atoms with van der Waals surface area (Å²) in [6.45, 7) is 1.32. The van der Waals surface area contributed by atoms with E-state index in [9.17, 15) is 18.7 Å². The van der Waals surface area contributed by atoms with E-state index in [2.05, 4.69) is 0 Å². The minimum Gasteiger partial charge on any atom is -0.388 e. The van der Waals surface area contributed by atoms with Crippen molar-refractivity contribution in [3.63, 3.8) is 0 Å². The Morgan fingerprint density at radius 3 is 2.57 bits per heavy atom. The Kier molecular flexibility index (Phi) is 3.30. The first-order valence-electron chi connectivity index (χ1n) is 4.13. The highest BCUT2D eigenvalue weighted by Crippen LogP contribution is 2.19. The van der Waals surface area contributed by atoms with Crippen molar-refractivity contribution < 1.29 is 18.7 Å². The standard InChI is InChI=1S/C10H10F2O2/c1-6(13)4-10(14)7-2-3-8(11)9(12)5-7/h2-3,5,10,14H,4H2,1H3. The van der Waals surface area contributed by atoms with Crippen LogP contribution < -0.4 is 0 Å². The summed E-state index contributed by atoms with van der Waals surface area (Å²) >= 11 is 0. The van der Waals surface area contributed by atoms with Crippen LogP contribution in [0.5, 0.6) is 0 Å². The number of aliphatic hydroxyl groups excluding tert-OH is 1. The lowest BCUT2D eigenvalue weighted by Crippen LogP contribution is -2.04. The highest BCUT2D eigenvalue weighted by atomic mass is 19.2. The lowest BCUT2D eigenvalue weighted by Gasteiger charge is -2.08. The smallest absolute Gasteiger partial charge is 0.159 e. The molecule has 0 amide bonds. The number of aliphatic hydroxyl groups is 1. The Morgan fingerprint density at radius 2 is 2.07 bits per heavy atom. The quantitative estimate of drug-likeness (QED) is 0.809. The maximum Gasteiger partial charge on any atom is 0.159 e. The topological polar surface area (TPSA) is 37.3 Å². The summed E-state index contributed by atoms with van der Waals surface area (Å²) in [6.07, 6.45) is -1.16. The molecule has 1 rings (SSSR count). The number of hydrogen-bond acceptors (Lipinski definition) is 2. The molecule has 2 nitrogen and oxygen atoms in total. The number of halogens is 2. The third-order valence-corrected chi connectivity index (χ3v) is 1.81. The average Bonchev–Trinajstić information content (AvgIpc) is 2.08. The summed E-state index contributed by atoms with van der Waals surface area (Å²) < 4.78 is 25.2. The van der Waals surface area contributed by atoms with E-state index >= 15 is 0 Å². The van der Waals surface area contributed by atoms with Crippen LogP contribution in [-0.4, -0.2) is 10.9 Å². The van der Waals surface area contributed by atoms with Gasteiger partial charge in [-0.1, -0.05) is 6.07 Å². The van der Waals surface area contributed by atoms with Gasteiger partial charge in [0.25, 0.3) is 0 Å². The largest absolute Gasteiger partial charge is 0.388 e. The van der Waals surface area contributed by atoms with Crippen molar-refractivity contribution in [1.29, 1.82) is 0 Å². The number of rotatable bonds is 3. The van der Waals surface area contributed by atoms with Crippen LogP contribution in [0, 0.1) is 11.6 Å². The van der Waals surface area contributed by atoms with Crippen LogP contribution in [0.3, 0.4) is 0 Å². The van der Waals surface area contributed by atoms with Crippen molar-refractivity contribution in [2.45, 2.75) is 19.4 Å². The predicted molar refractivity (Wildman–Crippen MR) is 46.6 cm³/mol. The molecular formula is C10H10F2O2. The van der Waals surface area contributed by atoms with Gasteiger partial charge in [0.15, 0.2) is 11.6 Å². The molecule has 0 spiro atoms. The van der Waals surface area contributed by atoms with Gasteiger partial charge in [-0.3, -0.25) is 4.79 Å². The van der Waals surface area contributed by atoms with Gasteiger partial charge in [0.1, 0.15) is 5.78 Å². The van der Waals surface area contributed by atoms with Crippen LogP contribution in [0.2, 0.25) is 0 Å². The van der Waals surface area contributed by atoms with Gasteiger partial charge in [0.05, 0.1) is 6.10 Å². The molecule has 0 bridgehead atoms. The van der Waals surface area contributed by atoms with Crippen LogP contribution in [0.1, 0.15) is 25.0 Å². The van der Waals surface area contributed by atoms with Crippen LogP contribution in [-0.2, 0) is 4.79 Å². The zero-order valence-electron chi connectivity index (χ0n) is 7.63. The van der Waals surface area contributed by atoms with Gasteiger partial charge in [0, 0.05) is 6.42 Å². The lowest BCUT2D eigenvalue weighted by molar-refractivity contribution is -0.118. The zero-order chi connectivity index (χ0) is 10.7. The van der Waals surface area contributed by atoms with Gasteiger partial charge >= 0.3 is 0 Å². The van der Waals surface area contributed by atoms with E-state index in [1.165, 1.54) is 13.0 Å². The summed E-state index contributed by atoms with van der Waals surface area (Å²) in [4.78, 5) is 10.7. The van der Waals surface area contributed by atoms with E-state index in [1.807, 2.05) is 0 Å². The molecule has 1 unspecified atom stereocenters. The summed E-state index contributed by atoms with van der Waals surface area (Å²) in [5.41, 5.74) is 0.208. The fraction of sp³-hybridized carbons (Fsp3) is 0.300. The van der Waals surface area contributed by atoms with Crippen LogP contribution in [0.25, 0.3) is 0 Å². The van der Waals surface area contributed by atoms with Crippen molar-refractivity contribution in [3.05, 3.63) is 35.4 Å². The number of hydrogen-bond donors (Lipinski definition) is 1. The molecule has 0 aliphatic carbocycles. The summed E-state index contributed by atoms with van der Waals surface area (Å²) in [5.74, 6) is -2.20. The van der Waals surface area contributed by atoms with Crippen LogP contribution >= 0.6 is 0 Å².